The number of benzene rings is 3. The van der Waals surface area contributed by atoms with Gasteiger partial charge >= 0.3 is 0 Å². The minimum Gasteiger partial charge on any atom is -0.318 e. The molecule has 29 heavy (non-hydrogen) atoms. The van der Waals surface area contributed by atoms with Gasteiger partial charge in [-0.25, -0.2) is 0 Å². The van der Waals surface area contributed by atoms with Gasteiger partial charge in [0.15, 0.2) is 0 Å². The summed E-state index contributed by atoms with van der Waals surface area (Å²) in [6, 6.07) is 28.5. The number of hydrogen-bond acceptors (Lipinski definition) is 2. The molecule has 2 nitrogen and oxygen atoms in total. The number of allylic oxidation sites excluding steroid dienone is 1. The first kappa shape index (κ1) is 19.6. The highest BCUT2D eigenvalue weighted by molar-refractivity contribution is 5.80. The summed E-state index contributed by atoms with van der Waals surface area (Å²) < 4.78 is 0. The molecule has 0 atom stereocenters. The largest absolute Gasteiger partial charge is 0.318 e. The summed E-state index contributed by atoms with van der Waals surface area (Å²) in [5.41, 5.74) is 8.47. The maximum absolute atomic E-state index is 3.45. The van der Waals surface area contributed by atoms with Crippen LogP contribution in [0.4, 0.5) is 0 Å². The summed E-state index contributed by atoms with van der Waals surface area (Å²) in [7, 11) is 4.10. The highest BCUT2D eigenvalue weighted by atomic mass is 14.9. The van der Waals surface area contributed by atoms with Gasteiger partial charge < -0.3 is 10.6 Å². The van der Waals surface area contributed by atoms with Crippen LogP contribution in [-0.4, -0.2) is 27.2 Å². The number of hydrogen-bond donors (Lipinski definition) is 2. The molecule has 0 bridgehead atoms. The summed E-state index contributed by atoms with van der Waals surface area (Å²) >= 11 is 0. The molecule has 4 rings (SSSR count). The van der Waals surface area contributed by atoms with Gasteiger partial charge in [0.25, 0.3) is 0 Å². The van der Waals surface area contributed by atoms with Crippen LogP contribution in [-0.2, 0) is 18.3 Å². The normalized spacial score (nSPS) is 14.5. The van der Waals surface area contributed by atoms with E-state index in [0.29, 0.717) is 0 Å². The van der Waals surface area contributed by atoms with Crippen molar-refractivity contribution in [2.24, 2.45) is 0 Å². The van der Waals surface area contributed by atoms with Crippen molar-refractivity contribution in [1.29, 1.82) is 0 Å². The lowest BCUT2D eigenvalue weighted by Gasteiger charge is -2.29. The number of fused-ring (bicyclic) bond motifs is 1. The monoisotopic (exact) mass is 382 g/mol. The van der Waals surface area contributed by atoms with Crippen LogP contribution in [0, 0.1) is 0 Å². The average molecular weight is 383 g/mol. The molecule has 3 aromatic carbocycles. The lowest BCUT2D eigenvalue weighted by Crippen LogP contribution is -2.42. The Morgan fingerprint density at radius 1 is 0.655 bits per heavy atom. The molecule has 1 aliphatic carbocycles. The molecule has 2 N–H and O–H groups in total. The third-order valence-electron chi connectivity index (χ3n) is 5.92. The van der Waals surface area contributed by atoms with Crippen LogP contribution in [0.3, 0.4) is 0 Å². The molecule has 1 aliphatic rings. The van der Waals surface area contributed by atoms with Crippen LogP contribution in [0.25, 0.3) is 5.57 Å². The molecule has 148 valence electrons. The smallest absolute Gasteiger partial charge is 0.0393 e. The second-order valence-corrected chi connectivity index (χ2v) is 8.05. The zero-order valence-corrected chi connectivity index (χ0v) is 17.4. The maximum atomic E-state index is 3.45. The van der Waals surface area contributed by atoms with E-state index in [1.54, 1.807) is 0 Å². The van der Waals surface area contributed by atoms with E-state index in [1.807, 2.05) is 14.1 Å². The molecule has 0 spiro atoms. The Labute approximate surface area is 174 Å². The van der Waals surface area contributed by atoms with E-state index in [1.165, 1.54) is 33.4 Å². The minimum atomic E-state index is -0.0182. The van der Waals surface area contributed by atoms with Crippen molar-refractivity contribution in [3.63, 3.8) is 0 Å². The fourth-order valence-electron chi connectivity index (χ4n) is 4.78. The van der Waals surface area contributed by atoms with Crippen molar-refractivity contribution >= 4 is 5.57 Å². The summed E-state index contributed by atoms with van der Waals surface area (Å²) in [6.07, 6.45) is 4.45. The van der Waals surface area contributed by atoms with Crippen molar-refractivity contribution in [3.8, 4) is 0 Å². The lowest BCUT2D eigenvalue weighted by atomic mass is 9.81. The van der Waals surface area contributed by atoms with Crippen LogP contribution in [0.15, 0.2) is 84.9 Å². The zero-order chi connectivity index (χ0) is 20.1. The number of rotatable bonds is 8. The lowest BCUT2D eigenvalue weighted by molar-refractivity contribution is 0.484. The Kier molecular flexibility index (Phi) is 5.94. The molecule has 0 saturated carbocycles. The predicted molar refractivity (Wildman–Crippen MR) is 123 cm³/mol. The Bertz CT molecular complexity index is 968. The third-order valence-corrected chi connectivity index (χ3v) is 5.92. The zero-order valence-electron chi connectivity index (χ0n) is 17.4. The Morgan fingerprint density at radius 2 is 1.24 bits per heavy atom. The van der Waals surface area contributed by atoms with Crippen LogP contribution < -0.4 is 10.6 Å². The molecule has 0 fully saturated rings. The second kappa shape index (κ2) is 8.77. The Hall–Kier alpha value is -2.68. The van der Waals surface area contributed by atoms with E-state index in [2.05, 4.69) is 95.6 Å². The van der Waals surface area contributed by atoms with E-state index in [0.717, 1.165) is 25.9 Å². The van der Waals surface area contributed by atoms with Crippen molar-refractivity contribution < 1.29 is 0 Å². The molecule has 0 radical (unpaired) electrons. The van der Waals surface area contributed by atoms with Gasteiger partial charge in [0.1, 0.15) is 0 Å². The van der Waals surface area contributed by atoms with Crippen molar-refractivity contribution in [1.82, 2.24) is 10.6 Å². The van der Waals surface area contributed by atoms with Gasteiger partial charge in [0.2, 0.25) is 0 Å². The van der Waals surface area contributed by atoms with E-state index >= 15 is 0 Å². The molecule has 0 aromatic heterocycles. The first-order valence-corrected chi connectivity index (χ1v) is 10.5. The highest BCUT2D eigenvalue weighted by Gasteiger charge is 2.38. The van der Waals surface area contributed by atoms with Gasteiger partial charge in [-0.2, -0.15) is 0 Å². The Morgan fingerprint density at radius 3 is 1.83 bits per heavy atom. The molecule has 2 heteroatoms. The van der Waals surface area contributed by atoms with Crippen molar-refractivity contribution in [2.75, 3.05) is 27.2 Å². The summed E-state index contributed by atoms with van der Waals surface area (Å²) in [5.74, 6) is 0. The SMILES string of the molecule is CNCC1(CNC)C=C(Cc2ccccc2)c2c(Cc3ccccc3)cccc21. The van der Waals surface area contributed by atoms with Crippen molar-refractivity contribution in [2.45, 2.75) is 18.3 Å². The molecule has 3 aromatic rings. The molecular weight excluding hydrogens is 352 g/mol. The van der Waals surface area contributed by atoms with Gasteiger partial charge in [0, 0.05) is 18.5 Å². The number of likely N-dealkylation sites (N-methyl/N-ethyl adjacent to an activating group) is 2. The van der Waals surface area contributed by atoms with E-state index in [-0.39, 0.29) is 5.41 Å². The minimum absolute atomic E-state index is 0.0182. The van der Waals surface area contributed by atoms with E-state index in [9.17, 15) is 0 Å². The third kappa shape index (κ3) is 4.05. The second-order valence-electron chi connectivity index (χ2n) is 8.05. The summed E-state index contributed by atoms with van der Waals surface area (Å²) in [6.45, 7) is 1.85. The van der Waals surface area contributed by atoms with Crippen LogP contribution in [0.1, 0.15) is 27.8 Å². The Balaban J connectivity index is 1.81. The fourth-order valence-corrected chi connectivity index (χ4v) is 4.78. The van der Waals surface area contributed by atoms with Gasteiger partial charge in [-0.15, -0.1) is 0 Å². The van der Waals surface area contributed by atoms with E-state index < -0.39 is 0 Å². The predicted octanol–water partition coefficient (Wildman–Crippen LogP) is 4.59. The molecule has 0 aliphatic heterocycles. The fraction of sp³-hybridized carbons (Fsp3) is 0.259. The molecule has 0 unspecified atom stereocenters. The number of nitrogens with one attached hydrogen (secondary N) is 2. The van der Waals surface area contributed by atoms with Gasteiger partial charge in [-0.1, -0.05) is 84.9 Å². The van der Waals surface area contributed by atoms with Crippen molar-refractivity contribution in [3.05, 3.63) is 113 Å². The molecular formula is C27H30N2. The maximum Gasteiger partial charge on any atom is 0.0393 e. The topological polar surface area (TPSA) is 24.1 Å². The summed E-state index contributed by atoms with van der Waals surface area (Å²) in [4.78, 5) is 0. The highest BCUT2D eigenvalue weighted by Crippen LogP contribution is 2.43. The first-order chi connectivity index (χ1) is 14.3. The van der Waals surface area contributed by atoms with Crippen LogP contribution in [0.5, 0.6) is 0 Å². The van der Waals surface area contributed by atoms with Crippen LogP contribution >= 0.6 is 0 Å². The standard InChI is InChI=1S/C27H30N2/c1-28-19-27(20-29-2)18-24(17-22-12-7-4-8-13-22)26-23(14-9-15-25(26)27)16-21-10-5-3-6-11-21/h3-15,18,28-29H,16-17,19-20H2,1-2H3. The molecule has 0 amide bonds. The molecule has 0 heterocycles. The van der Waals surface area contributed by atoms with Gasteiger partial charge in [-0.05, 0) is 60.3 Å². The summed E-state index contributed by atoms with van der Waals surface area (Å²) in [5, 5.41) is 6.89. The van der Waals surface area contributed by atoms with Crippen LogP contribution in [0.2, 0.25) is 0 Å². The average Bonchev–Trinajstić information content (AvgIpc) is 3.04. The van der Waals surface area contributed by atoms with Gasteiger partial charge in [-0.3, -0.25) is 0 Å². The quantitative estimate of drug-likeness (QED) is 0.595. The van der Waals surface area contributed by atoms with E-state index in [4.69, 9.17) is 0 Å². The molecule has 0 saturated heterocycles. The van der Waals surface area contributed by atoms with Gasteiger partial charge in [0.05, 0.1) is 0 Å². The first-order valence-electron chi connectivity index (χ1n) is 10.5.